The molecule has 0 unspecified atom stereocenters. The van der Waals surface area contributed by atoms with Crippen LogP contribution in [0.4, 0.5) is 11.4 Å². The Balaban J connectivity index is 1.47. The number of non-ortho nitro benzene ring substituents is 1. The molecule has 0 saturated heterocycles. The van der Waals surface area contributed by atoms with Gasteiger partial charge >= 0.3 is 0 Å². The zero-order valence-corrected chi connectivity index (χ0v) is 17.8. The summed E-state index contributed by atoms with van der Waals surface area (Å²) in [7, 11) is 0. The molecular weight excluding hydrogens is 426 g/mol. The number of nitro groups is 1. The van der Waals surface area contributed by atoms with Gasteiger partial charge in [0.15, 0.2) is 5.76 Å². The van der Waals surface area contributed by atoms with E-state index >= 15 is 0 Å². The number of carbonyl (C=O) groups excluding carboxylic acids is 2. The number of carbonyl (C=O) groups is 2. The monoisotopic (exact) mass is 447 g/mol. The third kappa shape index (κ3) is 4.95. The van der Waals surface area contributed by atoms with Crippen LogP contribution >= 0.6 is 0 Å². The fourth-order valence-electron chi connectivity index (χ4n) is 3.71. The Labute approximate surface area is 188 Å². The predicted octanol–water partition coefficient (Wildman–Crippen LogP) is 3.54. The van der Waals surface area contributed by atoms with Crippen LogP contribution in [0.2, 0.25) is 0 Å². The van der Waals surface area contributed by atoms with E-state index in [2.05, 4.69) is 20.8 Å². The van der Waals surface area contributed by atoms with Gasteiger partial charge in [-0.1, -0.05) is 12.1 Å². The predicted molar refractivity (Wildman–Crippen MR) is 120 cm³/mol. The van der Waals surface area contributed by atoms with Gasteiger partial charge < -0.3 is 9.73 Å². The van der Waals surface area contributed by atoms with Crippen molar-refractivity contribution in [1.29, 1.82) is 0 Å². The number of amides is 2. The molecule has 0 radical (unpaired) electrons. The molecule has 10 heteroatoms. The molecule has 3 aromatic rings. The fourth-order valence-corrected chi connectivity index (χ4v) is 3.71. The Morgan fingerprint density at radius 3 is 2.70 bits per heavy atom. The van der Waals surface area contributed by atoms with Crippen molar-refractivity contribution < 1.29 is 18.9 Å². The van der Waals surface area contributed by atoms with E-state index in [1.807, 2.05) is 0 Å². The van der Waals surface area contributed by atoms with E-state index in [9.17, 15) is 19.7 Å². The molecule has 1 aliphatic rings. The Kier molecular flexibility index (Phi) is 6.25. The minimum atomic E-state index is -0.491. The van der Waals surface area contributed by atoms with Crippen molar-refractivity contribution in [2.24, 2.45) is 5.10 Å². The number of fused-ring (bicyclic) bond motifs is 1. The van der Waals surface area contributed by atoms with Crippen LogP contribution in [0, 0.1) is 17.0 Å². The van der Waals surface area contributed by atoms with Crippen LogP contribution in [-0.2, 0) is 17.6 Å². The van der Waals surface area contributed by atoms with Gasteiger partial charge in [-0.15, -0.1) is 0 Å². The smallest absolute Gasteiger partial charge is 0.291 e. The Bertz CT molecular complexity index is 1230. The second-order valence-electron chi connectivity index (χ2n) is 7.60. The number of nitro benzene ring substituents is 1. The lowest BCUT2D eigenvalue weighted by molar-refractivity contribution is -0.384. The third-order valence-corrected chi connectivity index (χ3v) is 5.28. The van der Waals surface area contributed by atoms with Gasteiger partial charge in [0, 0.05) is 35.9 Å². The third-order valence-electron chi connectivity index (χ3n) is 5.28. The van der Waals surface area contributed by atoms with Gasteiger partial charge in [-0.3, -0.25) is 24.7 Å². The fraction of sp³-hybridized carbons (Fsp3) is 0.217. The quantitative estimate of drug-likeness (QED) is 0.437. The summed E-state index contributed by atoms with van der Waals surface area (Å²) in [5.74, 6) is 0.143. The van der Waals surface area contributed by atoms with E-state index in [1.165, 1.54) is 24.3 Å². The SMILES string of the molecule is Cc1c(C(=O)Nc2cccnc2)oc2c1/C(=N/NC(=O)Cc1ccc([N+](=O)[O-])cc1)CCC2. The lowest BCUT2D eigenvalue weighted by atomic mass is 9.93. The molecule has 2 amide bonds. The van der Waals surface area contributed by atoms with Crippen LogP contribution in [0.5, 0.6) is 0 Å². The van der Waals surface area contributed by atoms with Crippen LogP contribution in [0.15, 0.2) is 58.3 Å². The first-order valence-corrected chi connectivity index (χ1v) is 10.3. The van der Waals surface area contributed by atoms with E-state index in [0.717, 1.165) is 12.0 Å². The number of pyridine rings is 1. The van der Waals surface area contributed by atoms with Crippen molar-refractivity contribution in [2.45, 2.75) is 32.6 Å². The van der Waals surface area contributed by atoms with Crippen molar-refractivity contribution >= 4 is 28.9 Å². The topological polar surface area (TPSA) is 140 Å². The van der Waals surface area contributed by atoms with Crippen molar-refractivity contribution in [3.8, 4) is 0 Å². The summed E-state index contributed by atoms with van der Waals surface area (Å²) in [5, 5.41) is 17.8. The van der Waals surface area contributed by atoms with Crippen molar-refractivity contribution in [3.63, 3.8) is 0 Å². The van der Waals surface area contributed by atoms with E-state index < -0.39 is 4.92 Å². The number of hydrazone groups is 1. The number of hydrogen-bond acceptors (Lipinski definition) is 7. The van der Waals surface area contributed by atoms with E-state index in [0.29, 0.717) is 41.1 Å². The standard InChI is InChI=1S/C23H21N5O5/c1-14-21-18(26-27-20(29)12-15-7-9-17(10-8-15)28(31)32)5-2-6-19(21)33-22(14)23(30)25-16-4-3-11-24-13-16/h3-4,7-11,13H,2,5-6,12H2,1H3,(H,25,30)(H,27,29)/b26-18+. The molecule has 0 bridgehead atoms. The highest BCUT2D eigenvalue weighted by atomic mass is 16.6. The van der Waals surface area contributed by atoms with E-state index in [1.54, 1.807) is 31.5 Å². The second kappa shape index (κ2) is 9.43. The van der Waals surface area contributed by atoms with Crippen LogP contribution in [-0.4, -0.2) is 27.4 Å². The molecule has 2 heterocycles. The van der Waals surface area contributed by atoms with Crippen LogP contribution in [0.1, 0.15) is 45.8 Å². The zero-order chi connectivity index (χ0) is 23.4. The number of aryl methyl sites for hydroxylation is 1. The molecular formula is C23H21N5O5. The minimum Gasteiger partial charge on any atom is -0.455 e. The van der Waals surface area contributed by atoms with Gasteiger partial charge in [-0.25, -0.2) is 5.43 Å². The summed E-state index contributed by atoms with van der Waals surface area (Å²) in [6.45, 7) is 1.79. The molecule has 33 heavy (non-hydrogen) atoms. The van der Waals surface area contributed by atoms with Crippen molar-refractivity contribution in [1.82, 2.24) is 10.4 Å². The van der Waals surface area contributed by atoms with Gasteiger partial charge in [0.2, 0.25) is 5.91 Å². The summed E-state index contributed by atoms with van der Waals surface area (Å²) in [4.78, 5) is 39.3. The molecule has 0 spiro atoms. The van der Waals surface area contributed by atoms with Gasteiger partial charge in [0.05, 0.1) is 28.9 Å². The molecule has 10 nitrogen and oxygen atoms in total. The lowest BCUT2D eigenvalue weighted by Gasteiger charge is -2.13. The first-order chi connectivity index (χ1) is 15.9. The maximum Gasteiger partial charge on any atom is 0.291 e. The molecule has 2 N–H and O–H groups in total. The molecule has 168 valence electrons. The Morgan fingerprint density at radius 1 is 1.21 bits per heavy atom. The van der Waals surface area contributed by atoms with Crippen LogP contribution < -0.4 is 10.7 Å². The average molecular weight is 447 g/mol. The van der Waals surface area contributed by atoms with Crippen LogP contribution in [0.3, 0.4) is 0 Å². The van der Waals surface area contributed by atoms with Crippen molar-refractivity contribution in [3.05, 3.63) is 87.1 Å². The number of aromatic nitrogens is 1. The molecule has 0 saturated carbocycles. The number of rotatable bonds is 6. The summed E-state index contributed by atoms with van der Waals surface area (Å²) < 4.78 is 5.85. The maximum atomic E-state index is 12.7. The second-order valence-corrected chi connectivity index (χ2v) is 7.60. The number of hydrogen-bond donors (Lipinski definition) is 2. The zero-order valence-electron chi connectivity index (χ0n) is 17.8. The van der Waals surface area contributed by atoms with E-state index in [-0.39, 0.29) is 29.7 Å². The Morgan fingerprint density at radius 2 is 2.00 bits per heavy atom. The first kappa shape index (κ1) is 21.9. The number of benzene rings is 1. The molecule has 1 aromatic carbocycles. The minimum absolute atomic E-state index is 0.0325. The molecule has 0 fully saturated rings. The van der Waals surface area contributed by atoms with Gasteiger partial charge in [0.1, 0.15) is 5.76 Å². The molecule has 0 atom stereocenters. The molecule has 1 aliphatic carbocycles. The number of nitrogens with zero attached hydrogens (tertiary/aromatic N) is 3. The molecule has 0 aliphatic heterocycles. The highest BCUT2D eigenvalue weighted by molar-refractivity contribution is 6.09. The normalized spacial score (nSPS) is 13.9. The summed E-state index contributed by atoms with van der Waals surface area (Å²) in [6.07, 6.45) is 5.28. The Hall–Kier alpha value is -4.34. The highest BCUT2D eigenvalue weighted by Crippen LogP contribution is 2.30. The largest absolute Gasteiger partial charge is 0.455 e. The number of anilines is 1. The van der Waals surface area contributed by atoms with Crippen molar-refractivity contribution in [2.75, 3.05) is 5.32 Å². The lowest BCUT2D eigenvalue weighted by Crippen LogP contribution is -2.23. The van der Waals surface area contributed by atoms with Gasteiger partial charge in [-0.2, -0.15) is 5.10 Å². The number of nitrogens with one attached hydrogen (secondary N) is 2. The highest BCUT2D eigenvalue weighted by Gasteiger charge is 2.28. The number of furan rings is 1. The summed E-state index contributed by atoms with van der Waals surface area (Å²) >= 11 is 0. The summed E-state index contributed by atoms with van der Waals surface area (Å²) in [5.41, 5.74) is 5.76. The van der Waals surface area contributed by atoms with Gasteiger partial charge in [-0.05, 0) is 37.5 Å². The van der Waals surface area contributed by atoms with Crippen LogP contribution in [0.25, 0.3) is 0 Å². The van der Waals surface area contributed by atoms with E-state index in [4.69, 9.17) is 4.42 Å². The molecule has 4 rings (SSSR count). The maximum absolute atomic E-state index is 12.7. The first-order valence-electron chi connectivity index (χ1n) is 10.3. The summed E-state index contributed by atoms with van der Waals surface area (Å²) in [6, 6.07) is 9.24. The average Bonchev–Trinajstić information content (AvgIpc) is 3.16. The molecule has 2 aromatic heterocycles. The van der Waals surface area contributed by atoms with Gasteiger partial charge in [0.25, 0.3) is 11.6 Å².